The van der Waals surface area contributed by atoms with E-state index >= 15 is 0 Å². The molecule has 4 aromatic rings. The number of aromatic hydroxyl groups is 1. The van der Waals surface area contributed by atoms with Gasteiger partial charge in [-0.05, 0) is 65.7 Å². The van der Waals surface area contributed by atoms with Gasteiger partial charge in [-0.3, -0.25) is 4.79 Å². The molecule has 0 bridgehead atoms. The van der Waals surface area contributed by atoms with Gasteiger partial charge in [-0.2, -0.15) is 0 Å². The molecule has 0 radical (unpaired) electrons. The lowest BCUT2D eigenvalue weighted by atomic mass is 10.0. The molecule has 0 saturated heterocycles. The largest absolute Gasteiger partial charge is 0.508 e. The van der Waals surface area contributed by atoms with Crippen molar-refractivity contribution in [1.29, 1.82) is 0 Å². The molecule has 1 heterocycles. The number of ether oxygens (including phenoxy) is 1. The van der Waals surface area contributed by atoms with E-state index in [4.69, 9.17) is 4.74 Å². The number of allylic oxidation sites excluding steroid dienone is 1. The van der Waals surface area contributed by atoms with E-state index in [1.165, 1.54) is 12.1 Å². The highest BCUT2D eigenvalue weighted by Gasteiger charge is 2.11. The lowest BCUT2D eigenvalue weighted by Crippen LogP contribution is -1.98. The summed E-state index contributed by atoms with van der Waals surface area (Å²) in [6.07, 6.45) is 1.64. The summed E-state index contributed by atoms with van der Waals surface area (Å²) in [7, 11) is 1.62. The normalized spacial score (nSPS) is 11.6. The maximum Gasteiger partial charge on any atom is 0.186 e. The number of imidazole rings is 1. The third kappa shape index (κ3) is 4.55. The van der Waals surface area contributed by atoms with Crippen LogP contribution in [0.4, 0.5) is 0 Å². The summed E-state index contributed by atoms with van der Waals surface area (Å²) in [6, 6.07) is 21.8. The number of rotatable bonds is 7. The second kappa shape index (κ2) is 8.88. The third-order valence-electron chi connectivity index (χ3n) is 4.65. The number of benzene rings is 3. The first-order valence-corrected chi connectivity index (χ1v) is 10.4. The van der Waals surface area contributed by atoms with Crippen LogP contribution in [-0.4, -0.2) is 33.7 Å². The molecule has 150 valence electrons. The molecule has 0 aliphatic carbocycles. The van der Waals surface area contributed by atoms with Crippen molar-refractivity contribution in [3.63, 3.8) is 0 Å². The molecular weight excluding hydrogens is 396 g/mol. The van der Waals surface area contributed by atoms with Crippen LogP contribution >= 0.6 is 11.8 Å². The van der Waals surface area contributed by atoms with Gasteiger partial charge >= 0.3 is 0 Å². The van der Waals surface area contributed by atoms with E-state index in [-0.39, 0.29) is 11.5 Å². The number of nitrogens with one attached hydrogen (secondary N) is 1. The monoisotopic (exact) mass is 416 g/mol. The molecule has 5 nitrogen and oxygen atoms in total. The number of aromatic amines is 1. The van der Waals surface area contributed by atoms with Crippen LogP contribution in [0.25, 0.3) is 16.6 Å². The number of aromatic nitrogens is 2. The van der Waals surface area contributed by atoms with Crippen molar-refractivity contribution in [3.8, 4) is 11.5 Å². The summed E-state index contributed by atoms with van der Waals surface area (Å²) in [6.45, 7) is 0. The summed E-state index contributed by atoms with van der Waals surface area (Å²) < 4.78 is 5.24. The molecular formula is C24H20N2O3S. The van der Waals surface area contributed by atoms with Crippen LogP contribution in [0.2, 0.25) is 0 Å². The zero-order valence-electron chi connectivity index (χ0n) is 16.3. The minimum absolute atomic E-state index is 0.119. The average Bonchev–Trinajstić information content (AvgIpc) is 3.20. The Balaban J connectivity index is 1.61. The van der Waals surface area contributed by atoms with Crippen molar-refractivity contribution < 1.29 is 14.6 Å². The Morgan fingerprint density at radius 1 is 1.03 bits per heavy atom. The van der Waals surface area contributed by atoms with Gasteiger partial charge in [0.2, 0.25) is 0 Å². The molecule has 0 unspecified atom stereocenters. The van der Waals surface area contributed by atoms with Crippen LogP contribution in [-0.2, 0) is 0 Å². The van der Waals surface area contributed by atoms with E-state index in [0.29, 0.717) is 11.3 Å². The van der Waals surface area contributed by atoms with Crippen molar-refractivity contribution in [2.45, 2.75) is 5.16 Å². The van der Waals surface area contributed by atoms with Crippen molar-refractivity contribution in [1.82, 2.24) is 9.97 Å². The molecule has 2 N–H and O–H groups in total. The van der Waals surface area contributed by atoms with Crippen molar-refractivity contribution in [2.24, 2.45) is 0 Å². The van der Waals surface area contributed by atoms with Crippen molar-refractivity contribution >= 4 is 34.2 Å². The molecule has 1 aromatic heterocycles. The number of hydrogen-bond acceptors (Lipinski definition) is 5. The molecule has 0 fully saturated rings. The number of ketones is 1. The lowest BCUT2D eigenvalue weighted by Gasteiger charge is -2.08. The molecule has 0 saturated carbocycles. The lowest BCUT2D eigenvalue weighted by molar-refractivity contribution is 0.104. The molecule has 0 amide bonds. The molecule has 0 aliphatic rings. The molecule has 4 rings (SSSR count). The second-order valence-electron chi connectivity index (χ2n) is 6.66. The van der Waals surface area contributed by atoms with Gasteiger partial charge in [0.25, 0.3) is 0 Å². The Morgan fingerprint density at radius 3 is 2.43 bits per heavy atom. The van der Waals surface area contributed by atoms with Crippen LogP contribution in [0.5, 0.6) is 11.5 Å². The van der Waals surface area contributed by atoms with Crippen LogP contribution in [0.3, 0.4) is 0 Å². The highest BCUT2D eigenvalue weighted by molar-refractivity contribution is 7.99. The SMILES string of the molecule is COc1ccc(/C(=C\C(=O)c2ccc(O)cc2)CSc2nc3ccccc3[nH]2)cc1. The third-order valence-corrected chi connectivity index (χ3v) is 5.57. The maximum absolute atomic E-state index is 12.8. The zero-order chi connectivity index (χ0) is 20.9. The van der Waals surface area contributed by atoms with E-state index in [1.807, 2.05) is 48.5 Å². The summed E-state index contributed by atoms with van der Waals surface area (Å²) in [5, 5.41) is 10.3. The number of fused-ring (bicyclic) bond motifs is 1. The number of carbonyl (C=O) groups is 1. The van der Waals surface area contributed by atoms with Crippen LogP contribution in [0, 0.1) is 0 Å². The topological polar surface area (TPSA) is 75.2 Å². The maximum atomic E-state index is 12.8. The molecule has 0 spiro atoms. The smallest absolute Gasteiger partial charge is 0.186 e. The van der Waals surface area contributed by atoms with Crippen molar-refractivity contribution in [2.75, 3.05) is 12.9 Å². The van der Waals surface area contributed by atoms with E-state index in [2.05, 4.69) is 9.97 Å². The van der Waals surface area contributed by atoms with Crippen LogP contribution < -0.4 is 4.74 Å². The molecule has 3 aromatic carbocycles. The minimum atomic E-state index is -0.119. The van der Waals surface area contributed by atoms with E-state index in [9.17, 15) is 9.90 Å². The number of carbonyl (C=O) groups excluding carboxylic acids is 1. The summed E-state index contributed by atoms with van der Waals surface area (Å²) in [5.74, 6) is 1.33. The fraction of sp³-hybridized carbons (Fsp3) is 0.0833. The van der Waals surface area contributed by atoms with Gasteiger partial charge in [-0.25, -0.2) is 4.98 Å². The van der Waals surface area contributed by atoms with Gasteiger partial charge in [0.05, 0.1) is 18.1 Å². The van der Waals surface area contributed by atoms with E-state index in [0.717, 1.165) is 33.1 Å². The van der Waals surface area contributed by atoms with Crippen LogP contribution in [0.15, 0.2) is 84.0 Å². The Bertz CT molecular complexity index is 1160. The molecule has 30 heavy (non-hydrogen) atoms. The highest BCUT2D eigenvalue weighted by atomic mass is 32.2. The van der Waals surface area contributed by atoms with Gasteiger partial charge in [-0.15, -0.1) is 0 Å². The van der Waals surface area contributed by atoms with Gasteiger partial charge < -0.3 is 14.8 Å². The number of thioether (sulfide) groups is 1. The first kappa shape index (κ1) is 19.8. The fourth-order valence-electron chi connectivity index (χ4n) is 3.02. The first-order chi connectivity index (χ1) is 14.6. The standard InChI is InChI=1S/C24H20N2O3S/c1-29-20-12-8-16(9-13-20)18(14-23(28)17-6-10-19(27)11-7-17)15-30-24-25-21-4-2-3-5-22(21)26-24/h2-14,27H,15H2,1H3,(H,25,26)/b18-14-. The Labute approximate surface area is 178 Å². The van der Waals surface area contributed by atoms with Gasteiger partial charge in [0.15, 0.2) is 10.9 Å². The Kier molecular flexibility index (Phi) is 5.86. The molecule has 0 atom stereocenters. The summed E-state index contributed by atoms with van der Waals surface area (Å²) in [4.78, 5) is 20.7. The van der Waals surface area contributed by atoms with E-state index < -0.39 is 0 Å². The zero-order valence-corrected chi connectivity index (χ0v) is 17.1. The number of phenols is 1. The second-order valence-corrected chi connectivity index (χ2v) is 7.62. The van der Waals surface area contributed by atoms with E-state index in [1.54, 1.807) is 37.1 Å². The number of phenolic OH excluding ortho intramolecular Hbond substituents is 1. The number of nitrogens with zero attached hydrogens (tertiary/aromatic N) is 1. The minimum Gasteiger partial charge on any atom is -0.508 e. The predicted molar refractivity (Wildman–Crippen MR) is 120 cm³/mol. The summed E-state index contributed by atoms with van der Waals surface area (Å²) >= 11 is 1.54. The number of para-hydroxylation sites is 2. The van der Waals surface area contributed by atoms with Gasteiger partial charge in [0.1, 0.15) is 11.5 Å². The summed E-state index contributed by atoms with van der Waals surface area (Å²) in [5.41, 5.74) is 4.23. The number of methoxy groups -OCH3 is 1. The van der Waals surface area contributed by atoms with Gasteiger partial charge in [-0.1, -0.05) is 36.0 Å². The average molecular weight is 417 g/mol. The Morgan fingerprint density at radius 2 is 1.73 bits per heavy atom. The predicted octanol–water partition coefficient (Wildman–Crippen LogP) is 5.34. The Hall–Kier alpha value is -3.51. The first-order valence-electron chi connectivity index (χ1n) is 9.38. The van der Waals surface area contributed by atoms with Gasteiger partial charge in [0, 0.05) is 11.3 Å². The van der Waals surface area contributed by atoms with Crippen LogP contribution in [0.1, 0.15) is 15.9 Å². The van der Waals surface area contributed by atoms with Crippen molar-refractivity contribution in [3.05, 3.63) is 90.0 Å². The number of H-pyrrole nitrogens is 1. The highest BCUT2D eigenvalue weighted by Crippen LogP contribution is 2.27. The fourth-order valence-corrected chi connectivity index (χ4v) is 3.91. The quantitative estimate of drug-likeness (QED) is 0.242. The molecule has 6 heteroatoms. The number of hydrogen-bond donors (Lipinski definition) is 2. The molecule has 0 aliphatic heterocycles.